The van der Waals surface area contributed by atoms with Crippen molar-refractivity contribution in [2.45, 2.75) is 44.1 Å². The number of hydrogen-bond acceptors (Lipinski definition) is 4. The summed E-state index contributed by atoms with van der Waals surface area (Å²) < 4.78 is 23.9. The van der Waals surface area contributed by atoms with Crippen molar-refractivity contribution in [1.82, 2.24) is 0 Å². The highest BCUT2D eigenvalue weighted by atomic mass is 32.2. The zero-order valence-corrected chi connectivity index (χ0v) is 10.9. The second-order valence-corrected chi connectivity index (χ2v) is 8.69. The molecular formula is C12H20O4S. The predicted octanol–water partition coefficient (Wildman–Crippen LogP) is 0.537. The van der Waals surface area contributed by atoms with E-state index in [1.165, 1.54) is 0 Å². The van der Waals surface area contributed by atoms with E-state index in [9.17, 15) is 18.6 Å². The molecule has 4 atom stereocenters. The van der Waals surface area contributed by atoms with E-state index in [2.05, 4.69) is 6.92 Å². The maximum atomic E-state index is 12.0. The molecule has 3 rings (SSSR count). The summed E-state index contributed by atoms with van der Waals surface area (Å²) in [7, 11) is -2.92. The summed E-state index contributed by atoms with van der Waals surface area (Å²) in [6, 6.07) is 0. The topological polar surface area (TPSA) is 74.6 Å². The molecule has 3 saturated carbocycles. The molecule has 3 aliphatic carbocycles. The van der Waals surface area contributed by atoms with Gasteiger partial charge in [0, 0.05) is 5.92 Å². The van der Waals surface area contributed by atoms with Crippen LogP contribution in [0.25, 0.3) is 0 Å². The van der Waals surface area contributed by atoms with Gasteiger partial charge in [-0.3, -0.25) is 0 Å². The lowest BCUT2D eigenvalue weighted by atomic mass is 9.91. The van der Waals surface area contributed by atoms with Crippen LogP contribution in [0.5, 0.6) is 0 Å². The summed E-state index contributed by atoms with van der Waals surface area (Å²) in [6.07, 6.45) is 1.97. The van der Waals surface area contributed by atoms with Gasteiger partial charge in [-0.2, -0.15) is 0 Å². The molecule has 0 aromatic rings. The Labute approximate surface area is 102 Å². The van der Waals surface area contributed by atoms with Gasteiger partial charge in [0.1, 0.15) is 0 Å². The molecule has 0 radical (unpaired) electrons. The van der Waals surface area contributed by atoms with E-state index in [0.717, 1.165) is 19.3 Å². The van der Waals surface area contributed by atoms with Crippen LogP contribution in [0, 0.1) is 23.2 Å². The molecule has 0 amide bonds. The second-order valence-electron chi connectivity index (χ2n) is 6.36. The molecular weight excluding hydrogens is 240 g/mol. The standard InChI is InChI=1S/C12H20O4S/c1-12-5-10(12)7(4-9(12)11(13)14)6-17(15,16)8-2-3-8/h7-11,13-14H,2-6H2,1H3/t7-,9+,10+,12-/m0/s1. The molecule has 0 aromatic heterocycles. The van der Waals surface area contributed by atoms with E-state index in [1.54, 1.807) is 0 Å². The number of aliphatic hydroxyl groups excluding tert-OH is 1. The van der Waals surface area contributed by atoms with Crippen LogP contribution in [-0.2, 0) is 9.84 Å². The first-order valence-corrected chi connectivity index (χ1v) is 8.14. The van der Waals surface area contributed by atoms with Crippen molar-refractivity contribution in [1.29, 1.82) is 0 Å². The second kappa shape index (κ2) is 3.45. The third-order valence-electron chi connectivity index (χ3n) is 5.16. The Bertz CT molecular complexity index is 426. The number of sulfone groups is 1. The number of rotatable bonds is 4. The largest absolute Gasteiger partial charge is 0.368 e. The van der Waals surface area contributed by atoms with Gasteiger partial charge in [0.15, 0.2) is 16.1 Å². The quantitative estimate of drug-likeness (QED) is 0.723. The van der Waals surface area contributed by atoms with Crippen molar-refractivity contribution < 1.29 is 18.6 Å². The predicted molar refractivity (Wildman–Crippen MR) is 62.8 cm³/mol. The Morgan fingerprint density at radius 3 is 2.47 bits per heavy atom. The zero-order valence-electron chi connectivity index (χ0n) is 10.0. The molecule has 0 heterocycles. The first-order valence-electron chi connectivity index (χ1n) is 6.42. The van der Waals surface area contributed by atoms with Crippen LogP contribution in [0.15, 0.2) is 0 Å². The van der Waals surface area contributed by atoms with E-state index in [-0.39, 0.29) is 28.3 Å². The van der Waals surface area contributed by atoms with Gasteiger partial charge in [-0.25, -0.2) is 8.42 Å². The third-order valence-corrected chi connectivity index (χ3v) is 7.54. The van der Waals surface area contributed by atoms with Gasteiger partial charge in [-0.05, 0) is 42.9 Å². The molecule has 0 unspecified atom stereocenters. The lowest BCUT2D eigenvalue weighted by Gasteiger charge is -2.21. The molecule has 5 heteroatoms. The van der Waals surface area contributed by atoms with Crippen LogP contribution >= 0.6 is 0 Å². The van der Waals surface area contributed by atoms with Crippen molar-refractivity contribution in [2.75, 3.05) is 5.75 Å². The maximum absolute atomic E-state index is 12.0. The lowest BCUT2D eigenvalue weighted by Crippen LogP contribution is -2.26. The minimum absolute atomic E-state index is 0.0160. The maximum Gasteiger partial charge on any atom is 0.154 e. The Hall–Kier alpha value is -0.130. The number of fused-ring (bicyclic) bond motifs is 1. The van der Waals surface area contributed by atoms with Crippen LogP contribution in [0.2, 0.25) is 0 Å². The summed E-state index contributed by atoms with van der Waals surface area (Å²) >= 11 is 0. The molecule has 3 fully saturated rings. The van der Waals surface area contributed by atoms with Gasteiger partial charge < -0.3 is 10.2 Å². The van der Waals surface area contributed by atoms with E-state index in [0.29, 0.717) is 12.3 Å². The van der Waals surface area contributed by atoms with E-state index >= 15 is 0 Å². The molecule has 98 valence electrons. The summed E-state index contributed by atoms with van der Waals surface area (Å²) in [4.78, 5) is 0. The minimum Gasteiger partial charge on any atom is -0.368 e. The minimum atomic E-state index is -2.92. The first-order chi connectivity index (χ1) is 7.84. The summed E-state index contributed by atoms with van der Waals surface area (Å²) in [5, 5.41) is 18.6. The van der Waals surface area contributed by atoms with E-state index in [1.807, 2.05) is 0 Å². The molecule has 0 bridgehead atoms. The van der Waals surface area contributed by atoms with Gasteiger partial charge in [0.2, 0.25) is 0 Å². The smallest absolute Gasteiger partial charge is 0.154 e. The molecule has 2 N–H and O–H groups in total. The molecule has 3 aliphatic rings. The Balaban J connectivity index is 1.71. The van der Waals surface area contributed by atoms with Crippen LogP contribution in [0.4, 0.5) is 0 Å². The molecule has 0 saturated heterocycles. The molecule has 0 aromatic carbocycles. The SMILES string of the molecule is C[C@@]12C[C@@H]1[C@H](CS(=O)(=O)C1CC1)C[C@@H]2C(O)O. The Morgan fingerprint density at radius 2 is 2.00 bits per heavy atom. The van der Waals surface area contributed by atoms with Crippen molar-refractivity contribution in [2.24, 2.45) is 23.2 Å². The average molecular weight is 260 g/mol. The Kier molecular flexibility index (Phi) is 2.42. The average Bonchev–Trinajstić information content (AvgIpc) is 3.06. The highest BCUT2D eigenvalue weighted by molar-refractivity contribution is 7.92. The number of aliphatic hydroxyl groups is 2. The molecule has 0 spiro atoms. The van der Waals surface area contributed by atoms with Crippen LogP contribution in [0.3, 0.4) is 0 Å². The molecule has 4 nitrogen and oxygen atoms in total. The van der Waals surface area contributed by atoms with E-state index in [4.69, 9.17) is 0 Å². The summed E-state index contributed by atoms with van der Waals surface area (Å²) in [5.41, 5.74) is -0.0160. The molecule has 0 aliphatic heterocycles. The van der Waals surface area contributed by atoms with Crippen LogP contribution in [-0.4, -0.2) is 35.9 Å². The Morgan fingerprint density at radius 1 is 1.35 bits per heavy atom. The fraction of sp³-hybridized carbons (Fsp3) is 1.00. The van der Waals surface area contributed by atoms with E-state index < -0.39 is 16.1 Å². The highest BCUT2D eigenvalue weighted by Crippen LogP contribution is 2.69. The monoisotopic (exact) mass is 260 g/mol. The normalized spacial score (nSPS) is 45.1. The molecule has 17 heavy (non-hydrogen) atoms. The lowest BCUT2D eigenvalue weighted by molar-refractivity contribution is -0.100. The third kappa shape index (κ3) is 1.83. The fourth-order valence-electron chi connectivity index (χ4n) is 3.81. The zero-order chi connectivity index (χ0) is 12.4. The van der Waals surface area contributed by atoms with Crippen molar-refractivity contribution in [3.63, 3.8) is 0 Å². The number of hydrogen-bond donors (Lipinski definition) is 2. The van der Waals surface area contributed by atoms with Crippen molar-refractivity contribution in [3.05, 3.63) is 0 Å². The van der Waals surface area contributed by atoms with Gasteiger partial charge in [0.05, 0.1) is 11.0 Å². The van der Waals surface area contributed by atoms with Crippen LogP contribution in [0.1, 0.15) is 32.6 Å². The van der Waals surface area contributed by atoms with Gasteiger partial charge in [-0.15, -0.1) is 0 Å². The fourth-order valence-corrected chi connectivity index (χ4v) is 5.91. The van der Waals surface area contributed by atoms with Gasteiger partial charge >= 0.3 is 0 Å². The summed E-state index contributed by atoms with van der Waals surface area (Å²) in [5.74, 6) is 0.674. The van der Waals surface area contributed by atoms with Gasteiger partial charge in [-0.1, -0.05) is 6.92 Å². The first kappa shape index (κ1) is 11.9. The van der Waals surface area contributed by atoms with Gasteiger partial charge in [0.25, 0.3) is 0 Å². The summed E-state index contributed by atoms with van der Waals surface area (Å²) in [6.45, 7) is 2.06. The van der Waals surface area contributed by atoms with Crippen molar-refractivity contribution in [3.8, 4) is 0 Å². The van der Waals surface area contributed by atoms with Crippen LogP contribution < -0.4 is 0 Å². The van der Waals surface area contributed by atoms with Crippen molar-refractivity contribution >= 4 is 9.84 Å². The highest BCUT2D eigenvalue weighted by Gasteiger charge is 2.65.